The zero-order valence-electron chi connectivity index (χ0n) is 11.1. The van der Waals surface area contributed by atoms with Crippen LogP contribution in [0.25, 0.3) is 0 Å². The topological polar surface area (TPSA) is 92.3 Å². The first-order chi connectivity index (χ1) is 9.85. The van der Waals surface area contributed by atoms with Gasteiger partial charge in [0.15, 0.2) is 0 Å². The van der Waals surface area contributed by atoms with Crippen LogP contribution in [-0.2, 0) is 26.6 Å². The predicted octanol–water partition coefficient (Wildman–Crippen LogP) is 1.13. The lowest BCUT2D eigenvalue weighted by Gasteiger charge is -2.07. The van der Waals surface area contributed by atoms with Gasteiger partial charge in [0.25, 0.3) is 0 Å². The fraction of sp³-hybridized carbons (Fsp3) is 0.167. The molecule has 0 aliphatic carbocycles. The Bertz CT molecular complexity index is 795. The molecule has 0 saturated carbocycles. The molecule has 0 unspecified atom stereocenters. The maximum absolute atomic E-state index is 12.1. The standard InChI is InChI=1S/C12H14N2O4S3/c1-13-20(15,16)11-4-6-12(7-5-11)21(17,18)14-9-10-3-2-8-19-10/h2-8,13-14H,9H2,1H3. The Morgan fingerprint density at radius 3 is 2.00 bits per heavy atom. The molecule has 0 spiro atoms. The molecule has 1 aromatic heterocycles. The van der Waals surface area contributed by atoms with Crippen LogP contribution in [0.4, 0.5) is 0 Å². The average molecular weight is 346 g/mol. The van der Waals surface area contributed by atoms with Gasteiger partial charge in [0.05, 0.1) is 9.79 Å². The van der Waals surface area contributed by atoms with Crippen LogP contribution in [0.5, 0.6) is 0 Å². The number of thiophene rings is 1. The van der Waals surface area contributed by atoms with Crippen molar-refractivity contribution in [1.82, 2.24) is 9.44 Å². The molecule has 2 aromatic rings. The summed E-state index contributed by atoms with van der Waals surface area (Å²) in [5, 5.41) is 1.86. The fourth-order valence-electron chi connectivity index (χ4n) is 1.58. The summed E-state index contributed by atoms with van der Waals surface area (Å²) >= 11 is 1.45. The fourth-order valence-corrected chi connectivity index (χ4v) is 4.05. The monoisotopic (exact) mass is 346 g/mol. The van der Waals surface area contributed by atoms with Gasteiger partial charge in [-0.2, -0.15) is 0 Å². The van der Waals surface area contributed by atoms with Crippen molar-refractivity contribution in [1.29, 1.82) is 0 Å². The first-order valence-electron chi connectivity index (χ1n) is 5.91. The van der Waals surface area contributed by atoms with Gasteiger partial charge in [-0.05, 0) is 42.8 Å². The maximum atomic E-state index is 12.1. The number of hydrogen-bond acceptors (Lipinski definition) is 5. The first kappa shape index (κ1) is 16.1. The van der Waals surface area contributed by atoms with Crippen molar-refractivity contribution in [2.75, 3.05) is 7.05 Å². The molecule has 1 aromatic carbocycles. The van der Waals surface area contributed by atoms with E-state index in [2.05, 4.69) is 9.44 Å². The summed E-state index contributed by atoms with van der Waals surface area (Å²) in [6.07, 6.45) is 0. The molecule has 0 atom stereocenters. The van der Waals surface area contributed by atoms with Crippen molar-refractivity contribution in [3.63, 3.8) is 0 Å². The highest BCUT2D eigenvalue weighted by atomic mass is 32.2. The Balaban J connectivity index is 2.17. The molecule has 9 heteroatoms. The smallest absolute Gasteiger partial charge is 0.214 e. The Morgan fingerprint density at radius 1 is 0.952 bits per heavy atom. The van der Waals surface area contributed by atoms with Gasteiger partial charge in [0.2, 0.25) is 20.0 Å². The van der Waals surface area contributed by atoms with E-state index in [9.17, 15) is 16.8 Å². The van der Waals surface area contributed by atoms with Crippen LogP contribution < -0.4 is 9.44 Å². The minimum absolute atomic E-state index is 0.0159. The quantitative estimate of drug-likeness (QED) is 0.820. The van der Waals surface area contributed by atoms with Gasteiger partial charge < -0.3 is 0 Å². The summed E-state index contributed by atoms with van der Waals surface area (Å²) in [5.74, 6) is 0. The summed E-state index contributed by atoms with van der Waals surface area (Å²) in [4.78, 5) is 0.935. The third kappa shape index (κ3) is 3.89. The van der Waals surface area contributed by atoms with E-state index < -0.39 is 20.0 Å². The predicted molar refractivity (Wildman–Crippen MR) is 81.0 cm³/mol. The normalized spacial score (nSPS) is 12.4. The summed E-state index contributed by atoms with van der Waals surface area (Å²) in [7, 11) is -5.94. The van der Waals surface area contributed by atoms with Gasteiger partial charge >= 0.3 is 0 Å². The molecule has 0 fully saturated rings. The van der Waals surface area contributed by atoms with Gasteiger partial charge in [-0.3, -0.25) is 0 Å². The number of rotatable bonds is 6. The summed E-state index contributed by atoms with van der Waals surface area (Å²) in [6.45, 7) is 0.205. The SMILES string of the molecule is CNS(=O)(=O)c1ccc(S(=O)(=O)NCc2cccs2)cc1. The molecule has 0 amide bonds. The van der Waals surface area contributed by atoms with E-state index in [0.717, 1.165) is 4.88 Å². The lowest BCUT2D eigenvalue weighted by Crippen LogP contribution is -2.23. The van der Waals surface area contributed by atoms with Gasteiger partial charge in [0.1, 0.15) is 0 Å². The van der Waals surface area contributed by atoms with Crippen molar-refractivity contribution in [2.45, 2.75) is 16.3 Å². The van der Waals surface area contributed by atoms with Gasteiger partial charge in [-0.25, -0.2) is 26.3 Å². The maximum Gasteiger partial charge on any atom is 0.240 e. The van der Waals surface area contributed by atoms with Gasteiger partial charge in [-0.15, -0.1) is 11.3 Å². The van der Waals surface area contributed by atoms with Crippen LogP contribution in [0, 0.1) is 0 Å². The van der Waals surface area contributed by atoms with Crippen LogP contribution in [0.15, 0.2) is 51.6 Å². The summed E-state index contributed by atoms with van der Waals surface area (Å²) in [6, 6.07) is 8.71. The molecule has 0 radical (unpaired) electrons. The largest absolute Gasteiger partial charge is 0.240 e. The van der Waals surface area contributed by atoms with Gasteiger partial charge in [0, 0.05) is 11.4 Å². The van der Waals surface area contributed by atoms with Crippen LogP contribution >= 0.6 is 11.3 Å². The number of sulfonamides is 2. The lowest BCUT2D eigenvalue weighted by atomic mass is 10.4. The van der Waals surface area contributed by atoms with E-state index in [4.69, 9.17) is 0 Å². The van der Waals surface area contributed by atoms with E-state index >= 15 is 0 Å². The van der Waals surface area contributed by atoms with Crippen molar-refractivity contribution in [2.24, 2.45) is 0 Å². The van der Waals surface area contributed by atoms with Crippen LogP contribution in [0.1, 0.15) is 4.88 Å². The van der Waals surface area contributed by atoms with Crippen molar-refractivity contribution in [3.05, 3.63) is 46.7 Å². The molecule has 0 aliphatic heterocycles. The Morgan fingerprint density at radius 2 is 1.52 bits per heavy atom. The van der Waals surface area contributed by atoms with Crippen molar-refractivity contribution in [3.8, 4) is 0 Å². The number of nitrogens with one attached hydrogen (secondary N) is 2. The lowest BCUT2D eigenvalue weighted by molar-refractivity contribution is 0.580. The second kappa shape index (κ2) is 6.24. The molecule has 2 N–H and O–H groups in total. The first-order valence-corrected chi connectivity index (χ1v) is 9.75. The summed E-state index contributed by atoms with van der Waals surface area (Å²) < 4.78 is 51.9. The minimum Gasteiger partial charge on any atom is -0.214 e. The third-order valence-corrected chi connectivity index (χ3v) is 6.45. The molecule has 1 heterocycles. The highest BCUT2D eigenvalue weighted by molar-refractivity contribution is 7.90. The van der Waals surface area contributed by atoms with Crippen LogP contribution in [-0.4, -0.2) is 23.9 Å². The van der Waals surface area contributed by atoms with Gasteiger partial charge in [-0.1, -0.05) is 6.07 Å². The van der Waals surface area contributed by atoms with E-state index in [1.165, 1.54) is 42.6 Å². The van der Waals surface area contributed by atoms with E-state index in [0.29, 0.717) is 0 Å². The second-order valence-corrected chi connectivity index (χ2v) is 8.77. The minimum atomic E-state index is -3.66. The number of benzene rings is 1. The van der Waals surface area contributed by atoms with E-state index in [-0.39, 0.29) is 16.3 Å². The van der Waals surface area contributed by atoms with E-state index in [1.807, 2.05) is 17.5 Å². The second-order valence-electron chi connectivity index (χ2n) is 4.08. The molecule has 21 heavy (non-hydrogen) atoms. The highest BCUT2D eigenvalue weighted by Crippen LogP contribution is 2.15. The Kier molecular flexibility index (Phi) is 4.79. The zero-order valence-corrected chi connectivity index (χ0v) is 13.6. The van der Waals surface area contributed by atoms with Crippen LogP contribution in [0.2, 0.25) is 0 Å². The molecule has 2 rings (SSSR count). The van der Waals surface area contributed by atoms with E-state index in [1.54, 1.807) is 0 Å². The third-order valence-electron chi connectivity index (χ3n) is 2.73. The molecule has 0 saturated heterocycles. The molecule has 114 valence electrons. The molecular weight excluding hydrogens is 332 g/mol. The zero-order chi connectivity index (χ0) is 15.5. The van der Waals surface area contributed by atoms with Crippen LogP contribution in [0.3, 0.4) is 0 Å². The molecule has 6 nitrogen and oxygen atoms in total. The molecule has 0 bridgehead atoms. The Labute approximate surface area is 127 Å². The molecule has 0 aliphatic rings. The average Bonchev–Trinajstić information content (AvgIpc) is 2.99. The molecular formula is C12H14N2O4S3. The summed E-state index contributed by atoms with van der Waals surface area (Å²) in [5.41, 5.74) is 0. The van der Waals surface area contributed by atoms with Crippen molar-refractivity contribution < 1.29 is 16.8 Å². The highest BCUT2D eigenvalue weighted by Gasteiger charge is 2.16. The van der Waals surface area contributed by atoms with Crippen molar-refractivity contribution >= 4 is 31.4 Å². The number of hydrogen-bond donors (Lipinski definition) is 2. The Hall–Kier alpha value is -1.26.